The van der Waals surface area contributed by atoms with Crippen molar-refractivity contribution in [3.63, 3.8) is 0 Å². The number of thiazole rings is 1. The van der Waals surface area contributed by atoms with Gasteiger partial charge in [0.1, 0.15) is 11.4 Å². The maximum atomic E-state index is 13.7. The maximum absolute atomic E-state index is 13.7. The Hall–Kier alpha value is -2.31. The third-order valence-corrected chi connectivity index (χ3v) is 7.08. The second-order valence-corrected chi connectivity index (χ2v) is 9.41. The Labute approximate surface area is 195 Å². The molecule has 2 saturated heterocycles. The Morgan fingerprint density at radius 2 is 2.09 bits per heavy atom. The minimum atomic E-state index is -1.13. The first-order chi connectivity index (χ1) is 15.5. The lowest BCUT2D eigenvalue weighted by Gasteiger charge is -2.46. The molecule has 2 bridgehead atoms. The number of hydrogen-bond donors (Lipinski definition) is 2. The van der Waals surface area contributed by atoms with Gasteiger partial charge in [-0.3, -0.25) is 4.90 Å². The summed E-state index contributed by atoms with van der Waals surface area (Å²) in [5, 5.41) is 16.0. The standard InChI is InChI=1S/C21H19BrFN5O3S/c22-15-5-11(23)1-2-14(15)18-17(21(29)30)16(26-19(27-18)20-25-3-4-32-20)8-28-12-6-24-7-13(28)10-31-9-12/h1-5,12-13,24H,6-10H2,(H,29,30). The van der Waals surface area contributed by atoms with Gasteiger partial charge in [0.2, 0.25) is 0 Å². The molecule has 2 fully saturated rings. The molecular formula is C21H19BrFN5O3S. The van der Waals surface area contributed by atoms with E-state index in [9.17, 15) is 14.3 Å². The van der Waals surface area contributed by atoms with E-state index in [1.54, 1.807) is 6.20 Å². The Kier molecular flexibility index (Phi) is 5.99. The zero-order valence-corrected chi connectivity index (χ0v) is 19.2. The van der Waals surface area contributed by atoms with Crippen molar-refractivity contribution in [3.8, 4) is 22.1 Å². The van der Waals surface area contributed by atoms with Crippen molar-refractivity contribution in [2.45, 2.75) is 18.6 Å². The van der Waals surface area contributed by atoms with Crippen LogP contribution < -0.4 is 5.32 Å². The number of halogens is 2. The number of fused-ring (bicyclic) bond motifs is 2. The zero-order chi connectivity index (χ0) is 22.2. The molecule has 11 heteroatoms. The van der Waals surface area contributed by atoms with E-state index >= 15 is 0 Å². The molecule has 2 N–H and O–H groups in total. The third kappa shape index (κ3) is 4.06. The zero-order valence-electron chi connectivity index (χ0n) is 16.8. The molecule has 2 aliphatic rings. The number of nitrogens with zero attached hydrogens (tertiary/aromatic N) is 4. The number of rotatable bonds is 5. The fourth-order valence-corrected chi connectivity index (χ4v) is 5.29. The molecule has 1 aromatic carbocycles. The van der Waals surface area contributed by atoms with Crippen LogP contribution in [-0.2, 0) is 11.3 Å². The van der Waals surface area contributed by atoms with Crippen molar-refractivity contribution in [1.82, 2.24) is 25.2 Å². The van der Waals surface area contributed by atoms with Crippen LogP contribution in [0.25, 0.3) is 22.1 Å². The molecule has 0 radical (unpaired) electrons. The number of carboxylic acids is 1. The summed E-state index contributed by atoms with van der Waals surface area (Å²) in [6, 6.07) is 4.36. The number of carbonyl (C=O) groups is 1. The quantitative estimate of drug-likeness (QED) is 0.530. The molecule has 2 unspecified atom stereocenters. The minimum absolute atomic E-state index is 0.00939. The number of hydrogen-bond acceptors (Lipinski definition) is 8. The van der Waals surface area contributed by atoms with Crippen molar-refractivity contribution < 1.29 is 19.0 Å². The number of nitrogens with one attached hydrogen (secondary N) is 1. The van der Waals surface area contributed by atoms with Gasteiger partial charge in [0, 0.05) is 53.3 Å². The lowest BCUT2D eigenvalue weighted by atomic mass is 10.0. The molecule has 166 valence electrons. The van der Waals surface area contributed by atoms with Gasteiger partial charge >= 0.3 is 5.97 Å². The summed E-state index contributed by atoms with van der Waals surface area (Å²) in [6.45, 7) is 3.02. The fraction of sp³-hybridized carbons (Fsp3) is 0.333. The summed E-state index contributed by atoms with van der Waals surface area (Å²) >= 11 is 4.73. The lowest BCUT2D eigenvalue weighted by Crippen LogP contribution is -2.63. The van der Waals surface area contributed by atoms with Crippen molar-refractivity contribution >= 4 is 33.2 Å². The van der Waals surface area contributed by atoms with Gasteiger partial charge < -0.3 is 15.2 Å². The van der Waals surface area contributed by atoms with Gasteiger partial charge in [0.25, 0.3) is 0 Å². The molecule has 0 spiro atoms. The van der Waals surface area contributed by atoms with E-state index < -0.39 is 11.8 Å². The third-order valence-electron chi connectivity index (χ3n) is 5.66. The van der Waals surface area contributed by atoms with Crippen molar-refractivity contribution in [2.75, 3.05) is 26.3 Å². The Balaban J connectivity index is 1.68. The monoisotopic (exact) mass is 519 g/mol. The van der Waals surface area contributed by atoms with Crippen LogP contribution in [0, 0.1) is 5.82 Å². The minimum Gasteiger partial charge on any atom is -0.478 e. The van der Waals surface area contributed by atoms with Crippen LogP contribution in [0.15, 0.2) is 34.2 Å². The summed E-state index contributed by atoms with van der Waals surface area (Å²) in [5.74, 6) is -1.21. The van der Waals surface area contributed by atoms with E-state index in [0.29, 0.717) is 46.3 Å². The van der Waals surface area contributed by atoms with E-state index in [2.05, 4.69) is 41.1 Å². The highest BCUT2D eigenvalue weighted by Gasteiger charge is 2.36. The average Bonchev–Trinajstić information content (AvgIpc) is 3.28. The smallest absolute Gasteiger partial charge is 0.339 e. The summed E-state index contributed by atoms with van der Waals surface area (Å²) in [5.41, 5.74) is 1.13. The molecule has 0 aliphatic carbocycles. The van der Waals surface area contributed by atoms with E-state index in [-0.39, 0.29) is 23.3 Å². The molecule has 0 amide bonds. The molecule has 5 rings (SSSR count). The largest absolute Gasteiger partial charge is 0.478 e. The summed E-state index contributed by atoms with van der Waals surface area (Å²) in [6.07, 6.45) is 1.65. The van der Waals surface area contributed by atoms with Gasteiger partial charge in [-0.05, 0) is 34.1 Å². The van der Waals surface area contributed by atoms with Gasteiger partial charge in [-0.1, -0.05) is 0 Å². The Bertz CT molecular complexity index is 1140. The lowest BCUT2D eigenvalue weighted by molar-refractivity contribution is -0.0694. The first kappa shape index (κ1) is 21.5. The van der Waals surface area contributed by atoms with Crippen molar-refractivity contribution in [2.24, 2.45) is 0 Å². The van der Waals surface area contributed by atoms with Crippen molar-refractivity contribution in [3.05, 3.63) is 51.3 Å². The summed E-state index contributed by atoms with van der Waals surface area (Å²) < 4.78 is 19.9. The summed E-state index contributed by atoms with van der Waals surface area (Å²) in [4.78, 5) is 28.2. The van der Waals surface area contributed by atoms with Crippen LogP contribution in [0.4, 0.5) is 4.39 Å². The average molecular weight is 520 g/mol. The first-order valence-corrected chi connectivity index (χ1v) is 11.7. The van der Waals surface area contributed by atoms with E-state index in [1.165, 1.54) is 29.5 Å². The molecule has 0 saturated carbocycles. The second-order valence-electron chi connectivity index (χ2n) is 7.66. The van der Waals surface area contributed by atoms with Crippen LogP contribution in [0.1, 0.15) is 16.1 Å². The second kappa shape index (κ2) is 8.91. The highest BCUT2D eigenvalue weighted by atomic mass is 79.9. The van der Waals surface area contributed by atoms with Crippen molar-refractivity contribution in [1.29, 1.82) is 0 Å². The predicted molar refractivity (Wildman–Crippen MR) is 120 cm³/mol. The number of carboxylic acid groups (broad SMARTS) is 1. The normalized spacial score (nSPS) is 20.9. The first-order valence-electron chi connectivity index (χ1n) is 10.0. The van der Waals surface area contributed by atoms with E-state index in [1.807, 2.05) is 5.38 Å². The maximum Gasteiger partial charge on any atom is 0.339 e. The van der Waals surface area contributed by atoms with Crippen LogP contribution in [0.5, 0.6) is 0 Å². The Morgan fingerprint density at radius 3 is 2.75 bits per heavy atom. The van der Waals surface area contributed by atoms with Gasteiger partial charge in [0.05, 0.1) is 24.6 Å². The number of ether oxygens (including phenoxy) is 1. The van der Waals surface area contributed by atoms with Crippen LogP contribution in [-0.4, -0.2) is 69.3 Å². The van der Waals surface area contributed by atoms with Crippen LogP contribution in [0.2, 0.25) is 0 Å². The summed E-state index contributed by atoms with van der Waals surface area (Å²) in [7, 11) is 0. The van der Waals surface area contributed by atoms with Gasteiger partial charge in [-0.15, -0.1) is 11.3 Å². The highest BCUT2D eigenvalue weighted by molar-refractivity contribution is 9.10. The fourth-order valence-electron chi connectivity index (χ4n) is 4.18. The van der Waals surface area contributed by atoms with Gasteiger partial charge in [0.15, 0.2) is 10.8 Å². The van der Waals surface area contributed by atoms with Crippen LogP contribution in [0.3, 0.4) is 0 Å². The molecule has 2 atom stereocenters. The molecular weight excluding hydrogens is 501 g/mol. The molecule has 2 aromatic heterocycles. The SMILES string of the molecule is O=C(O)c1c(CN2C3CNCC2COC3)nc(-c2nccs2)nc1-c1ccc(F)cc1Br. The molecule has 8 nitrogen and oxygen atoms in total. The van der Waals surface area contributed by atoms with Gasteiger partial charge in [-0.25, -0.2) is 24.1 Å². The van der Waals surface area contributed by atoms with Gasteiger partial charge in [-0.2, -0.15) is 0 Å². The number of piperazine rings is 1. The topological polar surface area (TPSA) is 100 Å². The number of morpholine rings is 1. The molecule has 3 aromatic rings. The number of aromatic nitrogens is 3. The predicted octanol–water partition coefficient (Wildman–Crippen LogP) is 3.04. The molecule has 2 aliphatic heterocycles. The number of benzene rings is 1. The van der Waals surface area contributed by atoms with E-state index in [0.717, 1.165) is 13.1 Å². The Morgan fingerprint density at radius 1 is 1.31 bits per heavy atom. The molecule has 4 heterocycles. The highest BCUT2D eigenvalue weighted by Crippen LogP contribution is 2.34. The van der Waals surface area contributed by atoms with E-state index in [4.69, 9.17) is 4.74 Å². The number of aromatic carboxylic acids is 1. The van der Waals surface area contributed by atoms with Crippen LogP contribution >= 0.6 is 27.3 Å². The molecule has 32 heavy (non-hydrogen) atoms.